The number of nitrogens with zero attached hydrogens (tertiary/aromatic N) is 3. The van der Waals surface area contributed by atoms with Crippen LogP contribution in [-0.4, -0.2) is 21.4 Å². The van der Waals surface area contributed by atoms with E-state index in [2.05, 4.69) is 53.0 Å². The molecular formula is C37H32N4O2. The normalized spacial score (nSPS) is 11.5. The summed E-state index contributed by atoms with van der Waals surface area (Å²) in [6.45, 7) is 3.01. The van der Waals surface area contributed by atoms with Gasteiger partial charge < -0.3 is 15.1 Å². The highest BCUT2D eigenvalue weighted by Crippen LogP contribution is 2.36. The van der Waals surface area contributed by atoms with Crippen molar-refractivity contribution in [3.8, 4) is 33.9 Å². The minimum Gasteiger partial charge on any atom is -0.380 e. The number of unbranched alkanes of at least 4 members (excludes halogenated alkanes) is 1. The monoisotopic (exact) mass is 564 g/mol. The summed E-state index contributed by atoms with van der Waals surface area (Å²) in [5.41, 5.74) is 12.3. The first-order valence-electron chi connectivity index (χ1n) is 14.5. The number of carbonyl (C=O) groups is 1. The van der Waals surface area contributed by atoms with Crippen LogP contribution in [0, 0.1) is 0 Å². The lowest BCUT2D eigenvalue weighted by Crippen LogP contribution is -2.15. The highest BCUT2D eigenvalue weighted by Gasteiger charge is 2.21. The second-order valence-corrected chi connectivity index (χ2v) is 10.4. The van der Waals surface area contributed by atoms with Crippen LogP contribution >= 0.6 is 0 Å². The van der Waals surface area contributed by atoms with Crippen LogP contribution in [0.25, 0.3) is 44.7 Å². The van der Waals surface area contributed by atoms with Crippen LogP contribution in [0.3, 0.4) is 0 Å². The van der Waals surface area contributed by atoms with E-state index in [1.165, 1.54) is 0 Å². The Morgan fingerprint density at radius 2 is 1.37 bits per heavy atom. The van der Waals surface area contributed by atoms with E-state index in [0.29, 0.717) is 11.1 Å². The zero-order chi connectivity index (χ0) is 29.6. The second-order valence-electron chi connectivity index (χ2n) is 10.4. The van der Waals surface area contributed by atoms with Gasteiger partial charge in [0.25, 0.3) is 0 Å². The summed E-state index contributed by atoms with van der Waals surface area (Å²) in [7, 11) is 0. The first kappa shape index (κ1) is 27.7. The molecule has 0 saturated heterocycles. The summed E-state index contributed by atoms with van der Waals surface area (Å²) in [4.78, 5) is 23.3. The van der Waals surface area contributed by atoms with Gasteiger partial charge in [-0.3, -0.25) is 0 Å². The Balaban J connectivity index is 1.30. The van der Waals surface area contributed by atoms with Crippen LogP contribution in [0.5, 0.6) is 0 Å². The summed E-state index contributed by atoms with van der Waals surface area (Å²) >= 11 is 0. The van der Waals surface area contributed by atoms with Crippen molar-refractivity contribution in [2.24, 2.45) is 10.9 Å². The van der Waals surface area contributed by atoms with E-state index in [0.717, 1.165) is 64.1 Å². The third kappa shape index (κ3) is 5.95. The molecular weight excluding hydrogens is 532 g/mol. The maximum Gasteiger partial charge on any atom is 0.365 e. The molecule has 0 unspecified atom stereocenters. The number of fused-ring (bicyclic) bond motifs is 1. The molecule has 0 amide bonds. The molecule has 1 aromatic heterocycles. The molecule has 6 heteroatoms. The number of imidazole rings is 1. The van der Waals surface area contributed by atoms with Crippen molar-refractivity contribution in [1.82, 2.24) is 9.55 Å². The van der Waals surface area contributed by atoms with E-state index in [1.807, 2.05) is 78.9 Å². The Morgan fingerprint density at radius 1 is 0.744 bits per heavy atom. The lowest BCUT2D eigenvalue weighted by Gasteiger charge is -2.13. The molecule has 43 heavy (non-hydrogen) atoms. The molecule has 0 bridgehead atoms. The van der Waals surface area contributed by atoms with Gasteiger partial charge in [0.05, 0.1) is 17.0 Å². The molecule has 6 rings (SSSR count). The zero-order valence-electron chi connectivity index (χ0n) is 24.0. The standard InChI is InChI=1S/C37H32N4O2/c1-2-3-24-41-34(28-15-8-5-9-16-28)33(27-13-6-4-7-14-27)39-36(41)29-19-21-30(22-20-29)37(42)43-40-35(38)32-23-18-26-12-10-11-17-31(26)25-32/h4-23,25H,2-3,24H2,1H3,(H2,38,40). The minimum atomic E-state index is -0.584. The second kappa shape index (κ2) is 12.6. The smallest absolute Gasteiger partial charge is 0.365 e. The molecule has 0 aliphatic carbocycles. The first-order chi connectivity index (χ1) is 21.1. The van der Waals surface area contributed by atoms with E-state index in [9.17, 15) is 4.79 Å². The predicted octanol–water partition coefficient (Wildman–Crippen LogP) is 8.31. The number of amidine groups is 1. The van der Waals surface area contributed by atoms with Gasteiger partial charge in [0.15, 0.2) is 5.84 Å². The van der Waals surface area contributed by atoms with Gasteiger partial charge in [0.1, 0.15) is 5.82 Å². The molecule has 6 aromatic rings. The topological polar surface area (TPSA) is 82.5 Å². The van der Waals surface area contributed by atoms with Gasteiger partial charge in [-0.15, -0.1) is 0 Å². The fraction of sp³-hybridized carbons (Fsp3) is 0.108. The lowest BCUT2D eigenvalue weighted by molar-refractivity contribution is 0.0516. The molecule has 0 aliphatic rings. The highest BCUT2D eigenvalue weighted by molar-refractivity contribution is 6.01. The van der Waals surface area contributed by atoms with Crippen molar-refractivity contribution in [1.29, 1.82) is 0 Å². The third-order valence-electron chi connectivity index (χ3n) is 7.45. The third-order valence-corrected chi connectivity index (χ3v) is 7.45. The summed E-state index contributed by atoms with van der Waals surface area (Å²) in [6, 6.07) is 41.6. The molecule has 212 valence electrons. The van der Waals surface area contributed by atoms with E-state index in [4.69, 9.17) is 15.6 Å². The van der Waals surface area contributed by atoms with Gasteiger partial charge in [-0.25, -0.2) is 9.78 Å². The molecule has 2 N–H and O–H groups in total. The van der Waals surface area contributed by atoms with Crippen LogP contribution in [0.1, 0.15) is 35.7 Å². The Kier molecular flexibility index (Phi) is 8.09. The van der Waals surface area contributed by atoms with Gasteiger partial charge in [0.2, 0.25) is 0 Å². The van der Waals surface area contributed by atoms with Crippen molar-refractivity contribution in [3.05, 3.63) is 139 Å². The summed E-state index contributed by atoms with van der Waals surface area (Å²) in [5.74, 6) is 0.403. The van der Waals surface area contributed by atoms with Crippen molar-refractivity contribution in [2.45, 2.75) is 26.3 Å². The molecule has 0 saturated carbocycles. The predicted molar refractivity (Wildman–Crippen MR) is 174 cm³/mol. The van der Waals surface area contributed by atoms with Gasteiger partial charge in [-0.1, -0.05) is 128 Å². The number of aromatic nitrogens is 2. The SMILES string of the molecule is CCCCn1c(-c2ccc(C(=O)O/N=C(\N)c3ccc4ccccc4c3)cc2)nc(-c2ccccc2)c1-c1ccccc1. The summed E-state index contributed by atoms with van der Waals surface area (Å²) < 4.78 is 2.29. The fourth-order valence-corrected chi connectivity index (χ4v) is 5.19. The Labute approximate surface area is 251 Å². The highest BCUT2D eigenvalue weighted by atomic mass is 16.7. The van der Waals surface area contributed by atoms with Crippen molar-refractivity contribution >= 4 is 22.6 Å². The number of oxime groups is 1. The summed E-state index contributed by atoms with van der Waals surface area (Å²) in [6.07, 6.45) is 2.07. The number of benzene rings is 5. The average Bonchev–Trinajstić information content (AvgIpc) is 3.46. The summed E-state index contributed by atoms with van der Waals surface area (Å²) in [5, 5.41) is 6.04. The Hall–Kier alpha value is -5.49. The van der Waals surface area contributed by atoms with Crippen LogP contribution < -0.4 is 5.73 Å². The molecule has 5 aromatic carbocycles. The van der Waals surface area contributed by atoms with E-state index in [1.54, 1.807) is 12.1 Å². The van der Waals surface area contributed by atoms with Gasteiger partial charge in [-0.2, -0.15) is 0 Å². The number of rotatable bonds is 9. The number of nitrogens with two attached hydrogens (primary N) is 1. The largest absolute Gasteiger partial charge is 0.380 e. The Bertz CT molecular complexity index is 1890. The quantitative estimate of drug-likeness (QED) is 0.0828. The van der Waals surface area contributed by atoms with Gasteiger partial charge in [-0.05, 0) is 35.4 Å². The van der Waals surface area contributed by atoms with E-state index < -0.39 is 5.97 Å². The maximum absolute atomic E-state index is 12.9. The molecule has 0 fully saturated rings. The lowest BCUT2D eigenvalue weighted by atomic mass is 10.0. The van der Waals surface area contributed by atoms with Gasteiger partial charge in [0, 0.05) is 28.8 Å². The minimum absolute atomic E-state index is 0.135. The number of hydrogen-bond acceptors (Lipinski definition) is 4. The molecule has 0 atom stereocenters. The number of hydrogen-bond donors (Lipinski definition) is 1. The zero-order valence-corrected chi connectivity index (χ0v) is 24.0. The maximum atomic E-state index is 12.9. The first-order valence-corrected chi connectivity index (χ1v) is 14.5. The van der Waals surface area contributed by atoms with E-state index >= 15 is 0 Å². The van der Waals surface area contributed by atoms with Crippen LogP contribution in [0.15, 0.2) is 133 Å². The van der Waals surface area contributed by atoms with Crippen molar-refractivity contribution < 1.29 is 9.63 Å². The fourth-order valence-electron chi connectivity index (χ4n) is 5.19. The molecule has 1 heterocycles. The number of carbonyl (C=O) groups excluding carboxylic acids is 1. The average molecular weight is 565 g/mol. The van der Waals surface area contributed by atoms with Crippen molar-refractivity contribution in [3.63, 3.8) is 0 Å². The molecule has 0 spiro atoms. The van der Waals surface area contributed by atoms with Crippen molar-refractivity contribution in [2.75, 3.05) is 0 Å². The molecule has 6 nitrogen and oxygen atoms in total. The van der Waals surface area contributed by atoms with Crippen LogP contribution in [0.2, 0.25) is 0 Å². The van der Waals surface area contributed by atoms with Crippen LogP contribution in [0.4, 0.5) is 0 Å². The van der Waals surface area contributed by atoms with Gasteiger partial charge >= 0.3 is 5.97 Å². The van der Waals surface area contributed by atoms with E-state index in [-0.39, 0.29) is 5.84 Å². The Morgan fingerprint density at radius 3 is 2.07 bits per heavy atom. The van der Waals surface area contributed by atoms with Crippen LogP contribution in [-0.2, 0) is 11.4 Å². The molecule has 0 radical (unpaired) electrons. The molecule has 0 aliphatic heterocycles.